The van der Waals surface area contributed by atoms with Gasteiger partial charge in [-0.25, -0.2) is 4.79 Å². The molecule has 0 aromatic heterocycles. The Hall–Kier alpha value is -1.34. The molecule has 132 valence electrons. The van der Waals surface area contributed by atoms with E-state index in [-0.39, 0.29) is 24.1 Å². The summed E-state index contributed by atoms with van der Waals surface area (Å²) in [4.78, 5) is 26.6. The summed E-state index contributed by atoms with van der Waals surface area (Å²) < 4.78 is 16.1. The van der Waals surface area contributed by atoms with Gasteiger partial charge in [-0.15, -0.1) is 0 Å². The summed E-state index contributed by atoms with van der Waals surface area (Å²) in [6.07, 6.45) is 1.19. The molecule has 7 heteroatoms. The Morgan fingerprint density at radius 2 is 1.83 bits per heavy atom. The highest BCUT2D eigenvalue weighted by Crippen LogP contribution is 2.44. The number of hydrogen-bond donors (Lipinski definition) is 1. The summed E-state index contributed by atoms with van der Waals surface area (Å²) in [5.41, 5.74) is 4.53. The number of esters is 1. The first-order valence-electron chi connectivity index (χ1n) is 8.10. The van der Waals surface area contributed by atoms with Crippen molar-refractivity contribution in [2.75, 3.05) is 26.9 Å². The highest BCUT2D eigenvalue weighted by molar-refractivity contribution is 5.78. The molecule has 0 unspecified atom stereocenters. The van der Waals surface area contributed by atoms with Crippen molar-refractivity contribution < 1.29 is 23.8 Å². The molecule has 2 rings (SSSR count). The van der Waals surface area contributed by atoms with Crippen molar-refractivity contribution in [3.63, 3.8) is 0 Å². The fraction of sp³-hybridized carbons (Fsp3) is 0.875. The maximum Gasteiger partial charge on any atom is 0.410 e. The largest absolute Gasteiger partial charge is 0.469 e. The van der Waals surface area contributed by atoms with Crippen molar-refractivity contribution in [3.05, 3.63) is 0 Å². The Morgan fingerprint density at radius 3 is 2.26 bits per heavy atom. The molecule has 2 aliphatic rings. The van der Waals surface area contributed by atoms with Gasteiger partial charge < -0.3 is 19.9 Å². The number of piperidine rings is 1. The van der Waals surface area contributed by atoms with Gasteiger partial charge in [0.25, 0.3) is 0 Å². The van der Waals surface area contributed by atoms with Gasteiger partial charge in [0.2, 0.25) is 0 Å². The molecule has 2 aliphatic heterocycles. The predicted molar refractivity (Wildman–Crippen MR) is 83.8 cm³/mol. The topological polar surface area (TPSA) is 91.1 Å². The zero-order valence-electron chi connectivity index (χ0n) is 14.5. The molecule has 0 aromatic carbocycles. The van der Waals surface area contributed by atoms with E-state index in [4.69, 9.17) is 19.9 Å². The lowest BCUT2D eigenvalue weighted by Crippen LogP contribution is -2.63. The molecular weight excluding hydrogens is 300 g/mol. The molecule has 7 nitrogen and oxygen atoms in total. The van der Waals surface area contributed by atoms with E-state index < -0.39 is 11.0 Å². The van der Waals surface area contributed by atoms with E-state index in [0.29, 0.717) is 39.0 Å². The Morgan fingerprint density at radius 1 is 1.26 bits per heavy atom. The zero-order valence-corrected chi connectivity index (χ0v) is 14.5. The third-order valence-electron chi connectivity index (χ3n) is 4.51. The van der Waals surface area contributed by atoms with Crippen LogP contribution in [0, 0.1) is 5.41 Å². The van der Waals surface area contributed by atoms with Gasteiger partial charge in [-0.2, -0.15) is 0 Å². The molecule has 2 heterocycles. The fourth-order valence-electron chi connectivity index (χ4n) is 3.68. The van der Waals surface area contributed by atoms with Gasteiger partial charge in [-0.1, -0.05) is 0 Å². The Labute approximate surface area is 137 Å². The molecule has 2 bridgehead atoms. The lowest BCUT2D eigenvalue weighted by molar-refractivity contribution is -0.167. The van der Waals surface area contributed by atoms with Crippen LogP contribution < -0.4 is 5.73 Å². The molecule has 3 atom stereocenters. The lowest BCUT2D eigenvalue weighted by atomic mass is 9.69. The van der Waals surface area contributed by atoms with E-state index in [1.54, 1.807) is 4.90 Å². The van der Waals surface area contributed by atoms with Gasteiger partial charge in [0, 0.05) is 0 Å². The zero-order chi connectivity index (χ0) is 17.3. The lowest BCUT2D eigenvalue weighted by Gasteiger charge is -2.51. The number of ether oxygens (including phenoxy) is 3. The van der Waals surface area contributed by atoms with E-state index in [9.17, 15) is 9.59 Å². The smallest absolute Gasteiger partial charge is 0.410 e. The Bertz CT molecular complexity index is 446. The second kappa shape index (κ2) is 6.65. The maximum absolute atomic E-state index is 12.5. The Kier molecular flexibility index (Phi) is 5.20. The van der Waals surface area contributed by atoms with Crippen molar-refractivity contribution >= 4 is 12.1 Å². The molecule has 1 amide bonds. The summed E-state index contributed by atoms with van der Waals surface area (Å²) in [6.45, 7) is 6.73. The minimum Gasteiger partial charge on any atom is -0.469 e. The van der Waals surface area contributed by atoms with Crippen LogP contribution in [0.15, 0.2) is 0 Å². The molecule has 0 saturated carbocycles. The van der Waals surface area contributed by atoms with Gasteiger partial charge in [0.05, 0.1) is 37.8 Å². The minimum atomic E-state index is -0.638. The number of nitrogens with two attached hydrogens (primary N) is 1. The molecule has 23 heavy (non-hydrogen) atoms. The molecule has 0 aromatic rings. The Balaban J connectivity index is 2.22. The third kappa shape index (κ3) is 3.77. The average Bonchev–Trinajstić information content (AvgIpc) is 2.43. The number of fused-ring (bicyclic) bond motifs is 2. The van der Waals surface area contributed by atoms with E-state index in [2.05, 4.69) is 0 Å². The standard InChI is InChI=1S/C16H28N2O5/c1-15(2,3)23-14(20)18-11-7-16(5-6-17,13(19)21-4)8-12(18)10-22-9-11/h11-12H,5-10,17H2,1-4H3/t11-,12+,16-. The first-order valence-corrected chi connectivity index (χ1v) is 8.10. The van der Waals surface area contributed by atoms with Gasteiger partial charge >= 0.3 is 12.1 Å². The molecule has 0 radical (unpaired) electrons. The van der Waals surface area contributed by atoms with Crippen molar-refractivity contribution in [1.29, 1.82) is 0 Å². The van der Waals surface area contributed by atoms with Crippen LogP contribution in [0.4, 0.5) is 4.79 Å². The molecule has 0 aliphatic carbocycles. The summed E-state index contributed by atoms with van der Waals surface area (Å²) in [5.74, 6) is -0.247. The number of carbonyl (C=O) groups excluding carboxylic acids is 2. The highest BCUT2D eigenvalue weighted by Gasteiger charge is 2.53. The number of carbonyl (C=O) groups is 2. The van der Waals surface area contributed by atoms with Gasteiger partial charge in [-0.05, 0) is 46.6 Å². The first kappa shape index (κ1) is 18.0. The van der Waals surface area contributed by atoms with Crippen molar-refractivity contribution in [1.82, 2.24) is 4.90 Å². The SMILES string of the molecule is COC(=O)[C@@]1(CCN)C[C@H]2COC[C@@H](C1)N2C(=O)OC(C)(C)C. The van der Waals surface area contributed by atoms with Crippen molar-refractivity contribution in [2.24, 2.45) is 11.1 Å². The minimum absolute atomic E-state index is 0.192. The van der Waals surface area contributed by atoms with Crippen LogP contribution >= 0.6 is 0 Å². The molecule has 0 spiro atoms. The van der Waals surface area contributed by atoms with Gasteiger partial charge in [0.1, 0.15) is 5.60 Å². The second-order valence-electron chi connectivity index (χ2n) is 7.45. The quantitative estimate of drug-likeness (QED) is 0.785. The summed E-state index contributed by atoms with van der Waals surface area (Å²) in [5, 5.41) is 0. The van der Waals surface area contributed by atoms with Crippen molar-refractivity contribution in [2.45, 2.75) is 57.7 Å². The number of rotatable bonds is 3. The van der Waals surface area contributed by atoms with Crippen molar-refractivity contribution in [3.8, 4) is 0 Å². The monoisotopic (exact) mass is 328 g/mol. The van der Waals surface area contributed by atoms with Crippen LogP contribution in [0.5, 0.6) is 0 Å². The molecule has 2 N–H and O–H groups in total. The molecular formula is C16H28N2O5. The molecule has 2 fully saturated rings. The van der Waals surface area contributed by atoms with Crippen LogP contribution in [0.2, 0.25) is 0 Å². The number of amides is 1. The van der Waals surface area contributed by atoms with E-state index >= 15 is 0 Å². The van der Waals surface area contributed by atoms with Crippen LogP contribution in [0.1, 0.15) is 40.0 Å². The van der Waals surface area contributed by atoms with Crippen LogP contribution in [-0.2, 0) is 19.0 Å². The maximum atomic E-state index is 12.5. The number of methoxy groups -OCH3 is 1. The highest BCUT2D eigenvalue weighted by atomic mass is 16.6. The second-order valence-corrected chi connectivity index (χ2v) is 7.45. The van der Waals surface area contributed by atoms with E-state index in [0.717, 1.165) is 0 Å². The van der Waals surface area contributed by atoms with Crippen LogP contribution in [0.25, 0.3) is 0 Å². The predicted octanol–water partition coefficient (Wildman–Crippen LogP) is 1.29. The van der Waals surface area contributed by atoms with Crippen LogP contribution in [0.3, 0.4) is 0 Å². The number of morpholine rings is 1. The fourth-order valence-corrected chi connectivity index (χ4v) is 3.68. The summed E-state index contributed by atoms with van der Waals surface area (Å²) in [7, 11) is 1.40. The van der Waals surface area contributed by atoms with E-state index in [1.807, 2.05) is 20.8 Å². The number of hydrogen-bond acceptors (Lipinski definition) is 6. The summed E-state index contributed by atoms with van der Waals surface area (Å²) >= 11 is 0. The molecule has 2 saturated heterocycles. The summed E-state index contributed by atoms with van der Waals surface area (Å²) in [6, 6.07) is -0.383. The average molecular weight is 328 g/mol. The number of nitrogens with zero attached hydrogens (tertiary/aromatic N) is 1. The van der Waals surface area contributed by atoms with Crippen LogP contribution in [-0.4, -0.2) is 61.5 Å². The van der Waals surface area contributed by atoms with Gasteiger partial charge in [0.15, 0.2) is 0 Å². The van der Waals surface area contributed by atoms with Gasteiger partial charge in [-0.3, -0.25) is 9.69 Å². The normalized spacial score (nSPS) is 30.7. The third-order valence-corrected chi connectivity index (χ3v) is 4.51. The first-order chi connectivity index (χ1) is 10.7. The van der Waals surface area contributed by atoms with E-state index in [1.165, 1.54) is 7.11 Å².